The predicted octanol–water partition coefficient (Wildman–Crippen LogP) is 3.54. The average Bonchev–Trinajstić information content (AvgIpc) is 2.29. The van der Waals surface area contributed by atoms with Gasteiger partial charge in [-0.2, -0.15) is 4.98 Å². The van der Waals surface area contributed by atoms with Gasteiger partial charge < -0.3 is 5.32 Å². The van der Waals surface area contributed by atoms with Gasteiger partial charge in [0.25, 0.3) is 0 Å². The third-order valence-electron chi connectivity index (χ3n) is 2.39. The first-order chi connectivity index (χ1) is 8.06. The van der Waals surface area contributed by atoms with Gasteiger partial charge in [0.2, 0.25) is 5.28 Å². The van der Waals surface area contributed by atoms with Crippen molar-refractivity contribution in [2.24, 2.45) is 0 Å². The molecule has 0 saturated heterocycles. The molecule has 1 N–H and O–H groups in total. The van der Waals surface area contributed by atoms with Gasteiger partial charge in [0.15, 0.2) is 11.0 Å². The molecule has 0 amide bonds. The maximum absolute atomic E-state index is 5.86. The van der Waals surface area contributed by atoms with E-state index in [1.807, 2.05) is 25.1 Å². The van der Waals surface area contributed by atoms with E-state index in [0.29, 0.717) is 5.82 Å². The molecule has 1 aromatic heterocycles. The first kappa shape index (κ1) is 12.1. The highest BCUT2D eigenvalue weighted by molar-refractivity contribution is 6.32. The summed E-state index contributed by atoms with van der Waals surface area (Å²) in [5.74, 6) is 0.398. The van der Waals surface area contributed by atoms with Crippen molar-refractivity contribution >= 4 is 34.7 Å². The van der Waals surface area contributed by atoms with E-state index < -0.39 is 0 Å². The molecule has 0 aliphatic rings. The summed E-state index contributed by atoms with van der Waals surface area (Å²) >= 11 is 11.5. The molecule has 0 fully saturated rings. The number of benzene rings is 1. The maximum atomic E-state index is 5.86. The molecule has 2 aromatic rings. The number of nitrogens with one attached hydrogen (secondary N) is 1. The van der Waals surface area contributed by atoms with Gasteiger partial charge in [0, 0.05) is 5.69 Å². The minimum Gasteiger partial charge on any atom is -0.337 e. The summed E-state index contributed by atoms with van der Waals surface area (Å²) in [5, 5.41) is 10.5. The van der Waals surface area contributed by atoms with Crippen LogP contribution in [0.2, 0.25) is 10.4 Å². The molecule has 4 nitrogen and oxygen atoms in total. The first-order valence-electron chi connectivity index (χ1n) is 4.96. The van der Waals surface area contributed by atoms with Gasteiger partial charge in [-0.25, -0.2) is 0 Å². The summed E-state index contributed by atoms with van der Waals surface area (Å²) in [5.41, 5.74) is 3.28. The third kappa shape index (κ3) is 2.84. The molecule has 2 rings (SSSR count). The molecule has 0 bridgehead atoms. The van der Waals surface area contributed by atoms with E-state index in [2.05, 4.69) is 27.4 Å². The molecule has 0 spiro atoms. The summed E-state index contributed by atoms with van der Waals surface area (Å²) in [6.07, 6.45) is 0. The fourth-order valence-corrected chi connectivity index (χ4v) is 1.58. The Morgan fingerprint density at radius 3 is 2.53 bits per heavy atom. The average molecular weight is 269 g/mol. The second-order valence-electron chi connectivity index (χ2n) is 3.64. The van der Waals surface area contributed by atoms with E-state index in [0.717, 1.165) is 5.69 Å². The van der Waals surface area contributed by atoms with Crippen LogP contribution in [0.1, 0.15) is 11.1 Å². The van der Waals surface area contributed by atoms with E-state index in [4.69, 9.17) is 23.2 Å². The molecule has 0 atom stereocenters. The van der Waals surface area contributed by atoms with Gasteiger partial charge in [-0.05, 0) is 48.7 Å². The summed E-state index contributed by atoms with van der Waals surface area (Å²) in [7, 11) is 0. The molecule has 0 saturated carbocycles. The number of hydrogen-bond donors (Lipinski definition) is 1. The topological polar surface area (TPSA) is 50.7 Å². The summed E-state index contributed by atoms with van der Waals surface area (Å²) < 4.78 is 0. The zero-order valence-electron chi connectivity index (χ0n) is 9.33. The zero-order chi connectivity index (χ0) is 12.4. The van der Waals surface area contributed by atoms with E-state index >= 15 is 0 Å². The van der Waals surface area contributed by atoms with Crippen LogP contribution in [0.3, 0.4) is 0 Å². The number of aromatic nitrogens is 3. The van der Waals surface area contributed by atoms with Gasteiger partial charge in [0.05, 0.1) is 0 Å². The highest BCUT2D eigenvalue weighted by Crippen LogP contribution is 2.23. The summed E-state index contributed by atoms with van der Waals surface area (Å²) in [6, 6.07) is 5.96. The van der Waals surface area contributed by atoms with Crippen molar-refractivity contribution < 1.29 is 0 Å². The highest BCUT2D eigenvalue weighted by atomic mass is 35.5. The van der Waals surface area contributed by atoms with Crippen LogP contribution in [0.5, 0.6) is 0 Å². The van der Waals surface area contributed by atoms with E-state index in [9.17, 15) is 0 Å². The molecular weight excluding hydrogens is 259 g/mol. The van der Waals surface area contributed by atoms with Gasteiger partial charge in [0.1, 0.15) is 0 Å². The Bertz CT molecular complexity index is 557. The largest absolute Gasteiger partial charge is 0.337 e. The predicted molar refractivity (Wildman–Crippen MR) is 69.0 cm³/mol. The van der Waals surface area contributed by atoms with Crippen LogP contribution in [0.4, 0.5) is 11.5 Å². The van der Waals surface area contributed by atoms with Crippen molar-refractivity contribution in [2.75, 3.05) is 5.32 Å². The third-order valence-corrected chi connectivity index (χ3v) is 2.80. The second-order valence-corrected chi connectivity index (χ2v) is 4.34. The van der Waals surface area contributed by atoms with Crippen LogP contribution >= 0.6 is 23.2 Å². The summed E-state index contributed by atoms with van der Waals surface area (Å²) in [4.78, 5) is 3.97. The summed E-state index contributed by atoms with van der Waals surface area (Å²) in [6.45, 7) is 4.09. The second kappa shape index (κ2) is 4.85. The molecule has 17 heavy (non-hydrogen) atoms. The normalized spacial score (nSPS) is 10.4. The number of nitrogens with zero attached hydrogens (tertiary/aromatic N) is 3. The van der Waals surface area contributed by atoms with Gasteiger partial charge in [-0.1, -0.05) is 17.7 Å². The molecular formula is C11H10Cl2N4. The monoisotopic (exact) mass is 268 g/mol. The number of halogens is 2. The van der Waals surface area contributed by atoms with Crippen LogP contribution in [0.15, 0.2) is 18.2 Å². The molecule has 0 aliphatic heterocycles. The lowest BCUT2D eigenvalue weighted by atomic mass is 10.1. The van der Waals surface area contributed by atoms with Crippen molar-refractivity contribution in [3.05, 3.63) is 39.8 Å². The highest BCUT2D eigenvalue weighted by Gasteiger charge is 2.06. The van der Waals surface area contributed by atoms with Gasteiger partial charge in [-0.15, -0.1) is 10.2 Å². The van der Waals surface area contributed by atoms with E-state index in [-0.39, 0.29) is 10.4 Å². The van der Waals surface area contributed by atoms with Crippen molar-refractivity contribution in [3.8, 4) is 0 Å². The molecule has 0 radical (unpaired) electrons. The molecule has 0 unspecified atom stereocenters. The minimum atomic E-state index is 0.0562. The SMILES string of the molecule is Cc1ccc(Nc2nc(Cl)nnc2Cl)cc1C. The first-order valence-corrected chi connectivity index (χ1v) is 5.72. The van der Waals surface area contributed by atoms with Crippen molar-refractivity contribution in [2.45, 2.75) is 13.8 Å². The Morgan fingerprint density at radius 2 is 1.82 bits per heavy atom. The van der Waals surface area contributed by atoms with Crippen LogP contribution in [0.25, 0.3) is 0 Å². The number of rotatable bonds is 2. The standard InChI is InChI=1S/C11H10Cl2N4/c1-6-3-4-8(5-7(6)2)14-10-9(12)16-17-11(13)15-10/h3-5H,1-2H3,(H,14,15,17). The number of anilines is 2. The molecule has 6 heteroatoms. The van der Waals surface area contributed by atoms with Crippen LogP contribution < -0.4 is 5.32 Å². The fraction of sp³-hybridized carbons (Fsp3) is 0.182. The Balaban J connectivity index is 2.31. The molecule has 1 aromatic carbocycles. The van der Waals surface area contributed by atoms with E-state index in [1.54, 1.807) is 0 Å². The fourth-order valence-electron chi connectivity index (χ4n) is 1.33. The lowest BCUT2D eigenvalue weighted by Gasteiger charge is -2.08. The minimum absolute atomic E-state index is 0.0562. The molecule has 88 valence electrons. The molecule has 0 aliphatic carbocycles. The van der Waals surface area contributed by atoms with E-state index in [1.165, 1.54) is 11.1 Å². The van der Waals surface area contributed by atoms with Gasteiger partial charge >= 0.3 is 0 Å². The molecule has 1 heterocycles. The number of aryl methyl sites for hydroxylation is 2. The van der Waals surface area contributed by atoms with Crippen LogP contribution in [-0.4, -0.2) is 15.2 Å². The van der Waals surface area contributed by atoms with Crippen molar-refractivity contribution in [1.29, 1.82) is 0 Å². The van der Waals surface area contributed by atoms with Gasteiger partial charge in [-0.3, -0.25) is 0 Å². The Labute approximate surface area is 109 Å². The van der Waals surface area contributed by atoms with Crippen LogP contribution in [0, 0.1) is 13.8 Å². The number of hydrogen-bond acceptors (Lipinski definition) is 4. The smallest absolute Gasteiger partial charge is 0.245 e. The maximum Gasteiger partial charge on any atom is 0.245 e. The van der Waals surface area contributed by atoms with Crippen molar-refractivity contribution in [3.63, 3.8) is 0 Å². The Kier molecular flexibility index (Phi) is 3.45. The Hall–Kier alpha value is -1.39. The lowest BCUT2D eigenvalue weighted by Crippen LogP contribution is -1.99. The zero-order valence-corrected chi connectivity index (χ0v) is 10.8. The van der Waals surface area contributed by atoms with Crippen LogP contribution in [-0.2, 0) is 0 Å². The lowest BCUT2D eigenvalue weighted by molar-refractivity contribution is 0.974. The van der Waals surface area contributed by atoms with Crippen molar-refractivity contribution in [1.82, 2.24) is 15.2 Å². The quantitative estimate of drug-likeness (QED) is 0.905. The Morgan fingerprint density at radius 1 is 1.06 bits per heavy atom.